The van der Waals surface area contributed by atoms with Crippen molar-refractivity contribution >= 4 is 11.6 Å². The van der Waals surface area contributed by atoms with Gasteiger partial charge in [0, 0.05) is 50.7 Å². The second-order valence-corrected chi connectivity index (χ2v) is 4.84. The maximum Gasteiger partial charge on any atom is 0.251 e. The molecule has 1 heterocycles. The number of imidazole rings is 1. The normalized spacial score (nSPS) is 10.3. The number of aromatic amines is 1. The van der Waals surface area contributed by atoms with Gasteiger partial charge >= 0.3 is 0 Å². The van der Waals surface area contributed by atoms with Crippen molar-refractivity contribution in [1.82, 2.24) is 15.3 Å². The zero-order valence-electron chi connectivity index (χ0n) is 11.9. The zero-order valence-corrected chi connectivity index (χ0v) is 11.9. The molecule has 0 radical (unpaired) electrons. The number of hydrogen-bond acceptors (Lipinski definition) is 3. The van der Waals surface area contributed by atoms with Gasteiger partial charge in [-0.25, -0.2) is 4.98 Å². The highest BCUT2D eigenvalue weighted by atomic mass is 16.1. The Kier molecular flexibility index (Phi) is 4.76. The van der Waals surface area contributed by atoms with Gasteiger partial charge in [0.2, 0.25) is 0 Å². The standard InChI is InChI=1S/C15H20N4O/c1-19(2)13-6-3-5-12(11-13)15(20)18-8-4-7-14-16-9-10-17-14/h3,5-6,9-11H,4,7-8H2,1-2H3,(H,16,17)(H,18,20). The highest BCUT2D eigenvalue weighted by Crippen LogP contribution is 2.13. The van der Waals surface area contributed by atoms with Crippen molar-refractivity contribution < 1.29 is 4.79 Å². The number of carbonyl (C=O) groups excluding carboxylic acids is 1. The summed E-state index contributed by atoms with van der Waals surface area (Å²) in [6.07, 6.45) is 5.25. The predicted octanol–water partition coefficient (Wildman–Crippen LogP) is 1.84. The van der Waals surface area contributed by atoms with E-state index in [1.807, 2.05) is 43.3 Å². The lowest BCUT2D eigenvalue weighted by atomic mass is 10.1. The molecule has 2 aromatic rings. The van der Waals surface area contributed by atoms with Crippen LogP contribution in [0.25, 0.3) is 0 Å². The summed E-state index contributed by atoms with van der Waals surface area (Å²) >= 11 is 0. The van der Waals surface area contributed by atoms with Gasteiger partial charge in [-0.05, 0) is 24.6 Å². The van der Waals surface area contributed by atoms with Crippen LogP contribution in [0.1, 0.15) is 22.6 Å². The predicted molar refractivity (Wildman–Crippen MR) is 80.0 cm³/mol. The van der Waals surface area contributed by atoms with Gasteiger partial charge in [-0.3, -0.25) is 4.79 Å². The molecule has 0 aliphatic rings. The third-order valence-corrected chi connectivity index (χ3v) is 3.06. The monoisotopic (exact) mass is 272 g/mol. The van der Waals surface area contributed by atoms with E-state index in [-0.39, 0.29) is 5.91 Å². The molecular formula is C15H20N4O. The molecule has 5 nitrogen and oxygen atoms in total. The summed E-state index contributed by atoms with van der Waals surface area (Å²) in [6.45, 7) is 0.645. The van der Waals surface area contributed by atoms with Crippen LogP contribution < -0.4 is 10.2 Å². The molecule has 1 aromatic carbocycles. The number of rotatable bonds is 6. The first kappa shape index (κ1) is 14.1. The minimum Gasteiger partial charge on any atom is -0.378 e. The lowest BCUT2D eigenvalue weighted by molar-refractivity contribution is 0.0953. The molecule has 0 unspecified atom stereocenters. The van der Waals surface area contributed by atoms with Gasteiger partial charge in [-0.2, -0.15) is 0 Å². The van der Waals surface area contributed by atoms with Gasteiger partial charge in [0.15, 0.2) is 0 Å². The summed E-state index contributed by atoms with van der Waals surface area (Å²) in [5, 5.41) is 2.93. The number of aromatic nitrogens is 2. The van der Waals surface area contributed by atoms with Crippen LogP contribution in [0.4, 0.5) is 5.69 Å². The fourth-order valence-corrected chi connectivity index (χ4v) is 1.92. The molecule has 1 amide bonds. The van der Waals surface area contributed by atoms with Crippen molar-refractivity contribution in [2.75, 3.05) is 25.5 Å². The van der Waals surface area contributed by atoms with Crippen LogP contribution in [0, 0.1) is 0 Å². The third kappa shape index (κ3) is 3.85. The second kappa shape index (κ2) is 6.75. The van der Waals surface area contributed by atoms with E-state index in [0.29, 0.717) is 12.1 Å². The maximum atomic E-state index is 12.0. The number of nitrogens with one attached hydrogen (secondary N) is 2. The van der Waals surface area contributed by atoms with E-state index in [1.165, 1.54) is 0 Å². The Bertz CT molecular complexity index is 549. The first-order valence-electron chi connectivity index (χ1n) is 6.70. The Hall–Kier alpha value is -2.30. The Morgan fingerprint density at radius 1 is 1.40 bits per heavy atom. The van der Waals surface area contributed by atoms with Gasteiger partial charge in [0.05, 0.1) is 0 Å². The molecule has 5 heteroatoms. The van der Waals surface area contributed by atoms with Gasteiger partial charge < -0.3 is 15.2 Å². The van der Waals surface area contributed by atoms with Gasteiger partial charge in [0.25, 0.3) is 5.91 Å². The van der Waals surface area contributed by atoms with Crippen LogP contribution in [-0.4, -0.2) is 36.5 Å². The topological polar surface area (TPSA) is 61.0 Å². The molecule has 0 fully saturated rings. The quantitative estimate of drug-likeness (QED) is 0.789. The third-order valence-electron chi connectivity index (χ3n) is 3.06. The van der Waals surface area contributed by atoms with E-state index in [2.05, 4.69) is 15.3 Å². The van der Waals surface area contributed by atoms with Crippen LogP contribution in [0.2, 0.25) is 0 Å². The Morgan fingerprint density at radius 3 is 2.95 bits per heavy atom. The van der Waals surface area contributed by atoms with E-state index in [1.54, 1.807) is 12.4 Å². The molecular weight excluding hydrogens is 252 g/mol. The minimum atomic E-state index is -0.0341. The molecule has 0 atom stereocenters. The molecule has 0 aliphatic heterocycles. The molecule has 0 aliphatic carbocycles. The van der Waals surface area contributed by atoms with Crippen molar-refractivity contribution in [3.63, 3.8) is 0 Å². The number of aryl methyl sites for hydroxylation is 1. The first-order valence-corrected chi connectivity index (χ1v) is 6.70. The van der Waals surface area contributed by atoms with E-state index in [4.69, 9.17) is 0 Å². The van der Waals surface area contributed by atoms with Crippen LogP contribution in [0.5, 0.6) is 0 Å². The highest BCUT2D eigenvalue weighted by molar-refractivity contribution is 5.95. The number of hydrogen-bond donors (Lipinski definition) is 2. The molecule has 0 saturated carbocycles. The van der Waals surface area contributed by atoms with Crippen LogP contribution >= 0.6 is 0 Å². The second-order valence-electron chi connectivity index (χ2n) is 4.84. The van der Waals surface area contributed by atoms with E-state index in [9.17, 15) is 4.79 Å². The summed E-state index contributed by atoms with van der Waals surface area (Å²) in [5.74, 6) is 0.919. The first-order chi connectivity index (χ1) is 9.66. The number of nitrogens with zero attached hydrogens (tertiary/aromatic N) is 2. The number of carbonyl (C=O) groups is 1. The Morgan fingerprint density at radius 2 is 2.25 bits per heavy atom. The van der Waals surface area contributed by atoms with E-state index >= 15 is 0 Å². The smallest absolute Gasteiger partial charge is 0.251 e. The number of benzene rings is 1. The molecule has 0 saturated heterocycles. The number of anilines is 1. The van der Waals surface area contributed by atoms with Gasteiger partial charge in [0.1, 0.15) is 5.82 Å². The fourth-order valence-electron chi connectivity index (χ4n) is 1.92. The van der Waals surface area contributed by atoms with Crippen molar-refractivity contribution in [3.05, 3.63) is 48.0 Å². The highest BCUT2D eigenvalue weighted by Gasteiger charge is 2.06. The average Bonchev–Trinajstić information content (AvgIpc) is 2.96. The summed E-state index contributed by atoms with van der Waals surface area (Å²) in [7, 11) is 3.92. The summed E-state index contributed by atoms with van der Waals surface area (Å²) in [6, 6.07) is 7.59. The van der Waals surface area contributed by atoms with Gasteiger partial charge in [-0.15, -0.1) is 0 Å². The summed E-state index contributed by atoms with van der Waals surface area (Å²) < 4.78 is 0. The molecule has 106 valence electrons. The Labute approximate surface area is 119 Å². The van der Waals surface area contributed by atoms with Crippen molar-refractivity contribution in [1.29, 1.82) is 0 Å². The number of H-pyrrole nitrogens is 1. The van der Waals surface area contributed by atoms with Crippen LogP contribution in [0.15, 0.2) is 36.7 Å². The number of amides is 1. The van der Waals surface area contributed by atoms with E-state index < -0.39 is 0 Å². The lowest BCUT2D eigenvalue weighted by Crippen LogP contribution is -2.25. The van der Waals surface area contributed by atoms with Crippen molar-refractivity contribution in [2.24, 2.45) is 0 Å². The molecule has 0 bridgehead atoms. The molecule has 2 rings (SSSR count). The molecule has 1 aromatic heterocycles. The molecule has 20 heavy (non-hydrogen) atoms. The minimum absolute atomic E-state index is 0.0341. The van der Waals surface area contributed by atoms with Crippen molar-refractivity contribution in [2.45, 2.75) is 12.8 Å². The van der Waals surface area contributed by atoms with Crippen LogP contribution in [0.3, 0.4) is 0 Å². The molecule has 2 N–H and O–H groups in total. The maximum absolute atomic E-state index is 12.0. The SMILES string of the molecule is CN(C)c1cccc(C(=O)NCCCc2ncc[nH]2)c1. The van der Waals surface area contributed by atoms with Gasteiger partial charge in [-0.1, -0.05) is 6.07 Å². The fraction of sp³-hybridized carbons (Fsp3) is 0.333. The van der Waals surface area contributed by atoms with Crippen LogP contribution in [-0.2, 0) is 6.42 Å². The van der Waals surface area contributed by atoms with Crippen molar-refractivity contribution in [3.8, 4) is 0 Å². The summed E-state index contributed by atoms with van der Waals surface area (Å²) in [5.41, 5.74) is 1.71. The van der Waals surface area contributed by atoms with E-state index in [0.717, 1.165) is 24.4 Å². The molecule has 0 spiro atoms. The largest absolute Gasteiger partial charge is 0.378 e. The zero-order chi connectivity index (χ0) is 14.4. The average molecular weight is 272 g/mol. The summed E-state index contributed by atoms with van der Waals surface area (Å²) in [4.78, 5) is 21.2. The lowest BCUT2D eigenvalue weighted by Gasteiger charge is -2.13. The Balaban J connectivity index is 1.81.